The summed E-state index contributed by atoms with van der Waals surface area (Å²) in [6.45, 7) is 3.90. The van der Waals surface area contributed by atoms with Gasteiger partial charge in [-0.05, 0) is 6.42 Å². The Morgan fingerprint density at radius 3 is 2.50 bits per heavy atom. The SMILES string of the molecule is CC[C@@H](C)/C(N)=N\O. The molecule has 8 heavy (non-hydrogen) atoms. The highest BCUT2D eigenvalue weighted by molar-refractivity contribution is 5.81. The molecule has 0 heterocycles. The van der Waals surface area contributed by atoms with Crippen LogP contribution in [0, 0.1) is 5.92 Å². The molecule has 0 aromatic heterocycles. The first-order chi connectivity index (χ1) is 3.72. The molecule has 0 radical (unpaired) electrons. The minimum atomic E-state index is 0.194. The van der Waals surface area contributed by atoms with Gasteiger partial charge in [-0.25, -0.2) is 0 Å². The molecule has 0 aliphatic carbocycles. The molecule has 0 saturated carbocycles. The van der Waals surface area contributed by atoms with E-state index in [4.69, 9.17) is 10.9 Å². The first-order valence-electron chi connectivity index (χ1n) is 2.69. The molecule has 0 aromatic rings. The second kappa shape index (κ2) is 3.29. The first-order valence-corrected chi connectivity index (χ1v) is 2.69. The Labute approximate surface area is 49.2 Å². The monoisotopic (exact) mass is 116 g/mol. The lowest BCUT2D eigenvalue weighted by molar-refractivity contribution is 0.314. The number of oxime groups is 1. The van der Waals surface area contributed by atoms with Crippen molar-refractivity contribution in [3.05, 3.63) is 0 Å². The van der Waals surface area contributed by atoms with Crippen LogP contribution in [0.2, 0.25) is 0 Å². The van der Waals surface area contributed by atoms with E-state index in [1.54, 1.807) is 0 Å². The minimum Gasteiger partial charge on any atom is -0.409 e. The van der Waals surface area contributed by atoms with Crippen LogP contribution in [0.25, 0.3) is 0 Å². The Kier molecular flexibility index (Phi) is 2.99. The molecule has 0 saturated heterocycles. The zero-order chi connectivity index (χ0) is 6.57. The van der Waals surface area contributed by atoms with Crippen LogP contribution >= 0.6 is 0 Å². The zero-order valence-corrected chi connectivity index (χ0v) is 5.26. The predicted molar refractivity (Wildman–Crippen MR) is 32.9 cm³/mol. The molecule has 48 valence electrons. The Balaban J connectivity index is 3.63. The molecule has 0 aliphatic rings. The molecule has 1 atom stereocenters. The van der Waals surface area contributed by atoms with Crippen molar-refractivity contribution in [1.29, 1.82) is 0 Å². The highest BCUT2D eigenvalue weighted by Gasteiger charge is 2.01. The highest BCUT2D eigenvalue weighted by Crippen LogP contribution is 1.98. The number of nitrogens with two attached hydrogens (primary N) is 1. The van der Waals surface area contributed by atoms with E-state index in [2.05, 4.69) is 5.16 Å². The molecule has 0 unspecified atom stereocenters. The number of hydrogen-bond donors (Lipinski definition) is 2. The maximum atomic E-state index is 8.10. The van der Waals surface area contributed by atoms with Gasteiger partial charge in [-0.3, -0.25) is 0 Å². The van der Waals surface area contributed by atoms with E-state index in [-0.39, 0.29) is 5.92 Å². The number of hydrogen-bond acceptors (Lipinski definition) is 2. The molecular formula is C5H12N2O. The van der Waals surface area contributed by atoms with Gasteiger partial charge in [0.05, 0.1) is 0 Å². The zero-order valence-electron chi connectivity index (χ0n) is 5.26. The Morgan fingerprint density at radius 1 is 1.88 bits per heavy atom. The van der Waals surface area contributed by atoms with Gasteiger partial charge in [0.1, 0.15) is 5.84 Å². The van der Waals surface area contributed by atoms with Gasteiger partial charge >= 0.3 is 0 Å². The summed E-state index contributed by atoms with van der Waals surface area (Å²) in [7, 11) is 0. The summed E-state index contributed by atoms with van der Waals surface area (Å²) >= 11 is 0. The van der Waals surface area contributed by atoms with Crippen LogP contribution < -0.4 is 5.73 Å². The number of rotatable bonds is 2. The summed E-state index contributed by atoms with van der Waals surface area (Å²) in [4.78, 5) is 0. The Bertz CT molecular complexity index is 90.4. The van der Waals surface area contributed by atoms with Gasteiger partial charge in [0.25, 0.3) is 0 Å². The largest absolute Gasteiger partial charge is 0.409 e. The topological polar surface area (TPSA) is 58.6 Å². The smallest absolute Gasteiger partial charge is 0.141 e. The van der Waals surface area contributed by atoms with Crippen molar-refractivity contribution >= 4 is 5.84 Å². The number of amidine groups is 1. The third kappa shape index (κ3) is 1.82. The molecule has 0 bridgehead atoms. The van der Waals surface area contributed by atoms with Crippen LogP contribution in [0.15, 0.2) is 5.16 Å². The van der Waals surface area contributed by atoms with Crippen LogP contribution in [0.3, 0.4) is 0 Å². The summed E-state index contributed by atoms with van der Waals surface area (Å²) in [5.41, 5.74) is 5.23. The van der Waals surface area contributed by atoms with Crippen molar-refractivity contribution in [2.45, 2.75) is 20.3 Å². The van der Waals surface area contributed by atoms with Gasteiger partial charge in [-0.2, -0.15) is 0 Å². The molecule has 3 nitrogen and oxygen atoms in total. The van der Waals surface area contributed by atoms with Crippen molar-refractivity contribution in [3.8, 4) is 0 Å². The summed E-state index contributed by atoms with van der Waals surface area (Å²) < 4.78 is 0. The third-order valence-corrected chi connectivity index (χ3v) is 1.23. The molecule has 3 N–H and O–H groups in total. The van der Waals surface area contributed by atoms with Gasteiger partial charge in [-0.1, -0.05) is 19.0 Å². The first kappa shape index (κ1) is 7.27. The van der Waals surface area contributed by atoms with Crippen molar-refractivity contribution in [2.75, 3.05) is 0 Å². The maximum absolute atomic E-state index is 8.10. The molecule has 3 heteroatoms. The molecular weight excluding hydrogens is 104 g/mol. The Hall–Kier alpha value is -0.730. The quantitative estimate of drug-likeness (QED) is 0.242. The minimum absolute atomic E-state index is 0.194. The van der Waals surface area contributed by atoms with Crippen LogP contribution in [-0.2, 0) is 0 Å². The van der Waals surface area contributed by atoms with Gasteiger partial charge in [-0.15, -0.1) is 0 Å². The van der Waals surface area contributed by atoms with E-state index in [1.807, 2.05) is 13.8 Å². The average Bonchev–Trinajstić information content (AvgIpc) is 1.84. The predicted octanol–water partition coefficient (Wildman–Crippen LogP) is 0.779. The summed E-state index contributed by atoms with van der Waals surface area (Å²) in [5, 5.41) is 11.0. The summed E-state index contributed by atoms with van der Waals surface area (Å²) in [6.07, 6.45) is 0.913. The van der Waals surface area contributed by atoms with Crippen molar-refractivity contribution < 1.29 is 5.21 Å². The third-order valence-electron chi connectivity index (χ3n) is 1.23. The van der Waals surface area contributed by atoms with Gasteiger partial charge < -0.3 is 10.9 Å². The van der Waals surface area contributed by atoms with Crippen LogP contribution in [0.5, 0.6) is 0 Å². The average molecular weight is 116 g/mol. The van der Waals surface area contributed by atoms with Crippen LogP contribution in [0.1, 0.15) is 20.3 Å². The molecule has 0 spiro atoms. The van der Waals surface area contributed by atoms with E-state index in [9.17, 15) is 0 Å². The van der Waals surface area contributed by atoms with E-state index < -0.39 is 0 Å². The van der Waals surface area contributed by atoms with E-state index in [0.29, 0.717) is 5.84 Å². The van der Waals surface area contributed by atoms with Gasteiger partial charge in [0.2, 0.25) is 0 Å². The lowest BCUT2D eigenvalue weighted by Crippen LogP contribution is -2.20. The van der Waals surface area contributed by atoms with Crippen molar-refractivity contribution in [3.63, 3.8) is 0 Å². The normalized spacial score (nSPS) is 16.0. The van der Waals surface area contributed by atoms with E-state index >= 15 is 0 Å². The fourth-order valence-electron chi connectivity index (χ4n) is 0.308. The van der Waals surface area contributed by atoms with Crippen LogP contribution in [0.4, 0.5) is 0 Å². The molecule has 0 aromatic carbocycles. The lowest BCUT2D eigenvalue weighted by atomic mass is 10.1. The lowest BCUT2D eigenvalue weighted by Gasteiger charge is -2.02. The standard InChI is InChI=1S/C5H12N2O/c1-3-4(2)5(6)7-8/h4,8H,3H2,1-2H3,(H2,6,7)/t4-/m1/s1. The van der Waals surface area contributed by atoms with Crippen molar-refractivity contribution in [2.24, 2.45) is 16.8 Å². The van der Waals surface area contributed by atoms with E-state index in [0.717, 1.165) is 6.42 Å². The number of nitrogens with zero attached hydrogens (tertiary/aromatic N) is 1. The molecule has 0 amide bonds. The van der Waals surface area contributed by atoms with Gasteiger partial charge in [0.15, 0.2) is 0 Å². The molecule has 0 aliphatic heterocycles. The van der Waals surface area contributed by atoms with E-state index in [1.165, 1.54) is 0 Å². The second-order valence-electron chi connectivity index (χ2n) is 1.83. The molecule has 0 rings (SSSR count). The summed E-state index contributed by atoms with van der Waals surface area (Å²) in [6, 6.07) is 0. The maximum Gasteiger partial charge on any atom is 0.141 e. The van der Waals surface area contributed by atoms with Crippen molar-refractivity contribution in [1.82, 2.24) is 0 Å². The van der Waals surface area contributed by atoms with Crippen LogP contribution in [-0.4, -0.2) is 11.0 Å². The van der Waals surface area contributed by atoms with Gasteiger partial charge in [0, 0.05) is 5.92 Å². The fraction of sp³-hybridized carbons (Fsp3) is 0.800. The fourth-order valence-corrected chi connectivity index (χ4v) is 0.308. The highest BCUT2D eigenvalue weighted by atomic mass is 16.4. The Morgan fingerprint density at radius 2 is 2.38 bits per heavy atom. The molecule has 0 fully saturated rings. The second-order valence-corrected chi connectivity index (χ2v) is 1.83. The summed E-state index contributed by atoms with van der Waals surface area (Å²) in [5.74, 6) is 0.507.